The number of alkyl halides is 1. The number of Topliss-reactive ketones (excluding diaryl/α,β-unsaturated/α-hetero) is 1. The van der Waals surface area contributed by atoms with E-state index in [2.05, 4.69) is 5.16 Å². The molecule has 9 atom stereocenters. The second-order valence-corrected chi connectivity index (χ2v) is 9.87. The van der Waals surface area contributed by atoms with Gasteiger partial charge in [-0.05, 0) is 39.5 Å². The number of hydrogen-bond acceptors (Lipinski definition) is 8. The van der Waals surface area contributed by atoms with E-state index in [4.69, 9.17) is 14.3 Å². The van der Waals surface area contributed by atoms with E-state index in [0.29, 0.717) is 12.1 Å². The van der Waals surface area contributed by atoms with Gasteiger partial charge in [-0.25, -0.2) is 4.39 Å². The molecule has 1 aliphatic rings. The number of carbonyl (C=O) groups is 2. The maximum atomic E-state index is 13.1. The second-order valence-electron chi connectivity index (χ2n) is 9.87. The Morgan fingerprint density at radius 1 is 1.15 bits per heavy atom. The van der Waals surface area contributed by atoms with Crippen molar-refractivity contribution in [2.24, 2.45) is 34.7 Å². The maximum Gasteiger partial charge on any atom is 0.316 e. The number of cyclic esters (lactones) is 1. The number of methoxy groups -OCH3 is 1. The number of aliphatic hydroxyl groups is 2. The Kier molecular flexibility index (Phi) is 10.5. The molecule has 1 heterocycles. The third-order valence-electron chi connectivity index (χ3n) is 7.66. The number of esters is 1. The molecule has 0 aromatic rings. The van der Waals surface area contributed by atoms with Gasteiger partial charge in [-0.15, -0.1) is 0 Å². The van der Waals surface area contributed by atoms with E-state index in [1.807, 2.05) is 20.8 Å². The van der Waals surface area contributed by atoms with E-state index >= 15 is 0 Å². The largest absolute Gasteiger partial charge is 0.459 e. The van der Waals surface area contributed by atoms with Crippen LogP contribution in [0.2, 0.25) is 0 Å². The predicted molar refractivity (Wildman–Crippen MR) is 122 cm³/mol. The van der Waals surface area contributed by atoms with Crippen molar-refractivity contribution in [1.82, 2.24) is 0 Å². The minimum Gasteiger partial charge on any atom is -0.459 e. The van der Waals surface area contributed by atoms with E-state index in [1.165, 1.54) is 13.8 Å². The van der Waals surface area contributed by atoms with Gasteiger partial charge < -0.3 is 24.5 Å². The first kappa shape index (κ1) is 29.5. The number of rotatable bonds is 4. The van der Waals surface area contributed by atoms with Crippen molar-refractivity contribution in [2.45, 2.75) is 91.6 Å². The summed E-state index contributed by atoms with van der Waals surface area (Å²) in [6.07, 6.45) is -1.90. The van der Waals surface area contributed by atoms with E-state index < -0.39 is 54.0 Å². The van der Waals surface area contributed by atoms with Gasteiger partial charge in [0.1, 0.15) is 23.4 Å². The van der Waals surface area contributed by atoms with E-state index in [9.17, 15) is 24.2 Å². The first-order valence-electron chi connectivity index (χ1n) is 11.6. The summed E-state index contributed by atoms with van der Waals surface area (Å²) in [5.41, 5.74) is -2.34. The van der Waals surface area contributed by atoms with Crippen LogP contribution < -0.4 is 0 Å². The number of aliphatic hydroxyl groups excluding tert-OH is 1. The normalized spacial score (nSPS) is 43.2. The quantitative estimate of drug-likeness (QED) is 0.364. The molecule has 0 radical (unpaired) electrons. The number of hydrogen-bond donors (Lipinski definition) is 2. The number of halogens is 1. The Labute approximate surface area is 196 Å². The molecule has 0 aromatic carbocycles. The fourth-order valence-corrected chi connectivity index (χ4v) is 4.89. The SMILES string of the molecule is CC[C@H]1OC(=O)[C@H](C)C(=O)[C@H](C)[C@@H](C)[C@](C)(OC)C[C@@H](C)/C(=N\OCF)[C@H](C)[C@@H](O)[C@]1(C)O. The molecule has 1 rings (SSSR count). The minimum atomic E-state index is -1.86. The van der Waals surface area contributed by atoms with Gasteiger partial charge in [-0.1, -0.05) is 39.8 Å². The Balaban J connectivity index is 3.64. The van der Waals surface area contributed by atoms with Crippen LogP contribution in [0.1, 0.15) is 68.2 Å². The lowest BCUT2D eigenvalue weighted by Crippen LogP contribution is -2.56. The van der Waals surface area contributed by atoms with Crippen LogP contribution in [-0.2, 0) is 23.9 Å². The zero-order chi connectivity index (χ0) is 25.7. The molecular weight excluding hydrogens is 433 g/mol. The van der Waals surface area contributed by atoms with Crippen molar-refractivity contribution in [3.63, 3.8) is 0 Å². The molecule has 1 aliphatic heterocycles. The molecule has 2 N–H and O–H groups in total. The summed E-state index contributed by atoms with van der Waals surface area (Å²) in [7, 11) is 1.55. The number of nitrogens with zero attached hydrogens (tertiary/aromatic N) is 1. The predicted octanol–water partition coefficient (Wildman–Crippen LogP) is 3.28. The summed E-state index contributed by atoms with van der Waals surface area (Å²) in [6, 6.07) is 0. The van der Waals surface area contributed by atoms with Crippen molar-refractivity contribution in [3.05, 3.63) is 0 Å². The summed E-state index contributed by atoms with van der Waals surface area (Å²) in [5.74, 6) is -4.02. The maximum absolute atomic E-state index is 13.1. The monoisotopic (exact) mass is 475 g/mol. The lowest BCUT2D eigenvalue weighted by molar-refractivity contribution is -0.187. The van der Waals surface area contributed by atoms with Gasteiger partial charge in [-0.3, -0.25) is 9.59 Å². The third kappa shape index (κ3) is 6.31. The highest BCUT2D eigenvalue weighted by molar-refractivity contribution is 5.99. The van der Waals surface area contributed by atoms with Crippen molar-refractivity contribution in [1.29, 1.82) is 0 Å². The minimum absolute atomic E-state index is 0.208. The van der Waals surface area contributed by atoms with Gasteiger partial charge in [0.25, 0.3) is 6.86 Å². The van der Waals surface area contributed by atoms with Crippen LogP contribution >= 0.6 is 0 Å². The third-order valence-corrected chi connectivity index (χ3v) is 7.66. The summed E-state index contributed by atoms with van der Waals surface area (Å²) in [4.78, 5) is 30.7. The highest BCUT2D eigenvalue weighted by Gasteiger charge is 2.48. The Morgan fingerprint density at radius 3 is 2.21 bits per heavy atom. The molecule has 0 unspecified atom stereocenters. The van der Waals surface area contributed by atoms with Crippen LogP contribution in [0.4, 0.5) is 4.39 Å². The molecule has 33 heavy (non-hydrogen) atoms. The van der Waals surface area contributed by atoms with Gasteiger partial charge >= 0.3 is 5.97 Å². The van der Waals surface area contributed by atoms with Gasteiger partial charge in [0.15, 0.2) is 0 Å². The molecule has 0 aromatic heterocycles. The number of carbonyl (C=O) groups excluding carboxylic acids is 2. The highest BCUT2D eigenvalue weighted by atomic mass is 19.1. The highest BCUT2D eigenvalue weighted by Crippen LogP contribution is 2.38. The molecule has 8 nitrogen and oxygen atoms in total. The summed E-state index contributed by atoms with van der Waals surface area (Å²) < 4.78 is 24.2. The first-order chi connectivity index (χ1) is 15.2. The molecular formula is C24H42FNO7. The van der Waals surface area contributed by atoms with E-state index in [0.717, 1.165) is 0 Å². The second kappa shape index (κ2) is 11.7. The zero-order valence-corrected chi connectivity index (χ0v) is 21.4. The molecule has 0 spiro atoms. The number of ketones is 1. The standard InChI is InChI=1S/C24H42FNO7/c1-10-18-24(8,30)21(28)15(4)19(26-32-12-25)13(2)11-23(7,31-9)17(6)14(3)20(27)16(5)22(29)33-18/h13-18,21,28,30H,10-12H2,1-9H3/b26-19+/t13-,14-,15+,16-,17-,18-,21-,23-,24-/m1/s1. The van der Waals surface area contributed by atoms with E-state index in [1.54, 1.807) is 27.9 Å². The van der Waals surface area contributed by atoms with Gasteiger partial charge in [-0.2, -0.15) is 0 Å². The molecule has 0 bridgehead atoms. The number of oxime groups is 1. The fraction of sp³-hybridized carbons (Fsp3) is 0.875. The molecule has 0 amide bonds. The summed E-state index contributed by atoms with van der Waals surface area (Å²) in [5, 5.41) is 26.3. The lowest BCUT2D eigenvalue weighted by atomic mass is 9.71. The van der Waals surface area contributed by atoms with Crippen molar-refractivity contribution in [2.75, 3.05) is 14.0 Å². The van der Waals surface area contributed by atoms with Crippen molar-refractivity contribution < 1.29 is 38.5 Å². The molecule has 192 valence electrons. The van der Waals surface area contributed by atoms with Gasteiger partial charge in [0.05, 0.1) is 17.4 Å². The summed E-state index contributed by atoms with van der Waals surface area (Å²) >= 11 is 0. The summed E-state index contributed by atoms with van der Waals surface area (Å²) in [6.45, 7) is 12.4. The Morgan fingerprint density at radius 2 is 1.73 bits per heavy atom. The molecule has 0 saturated carbocycles. The van der Waals surface area contributed by atoms with Gasteiger partial charge in [0.2, 0.25) is 0 Å². The van der Waals surface area contributed by atoms with Crippen LogP contribution in [0.5, 0.6) is 0 Å². The lowest BCUT2D eigenvalue weighted by Gasteiger charge is -2.43. The van der Waals surface area contributed by atoms with Gasteiger partial charge in [0, 0.05) is 24.9 Å². The van der Waals surface area contributed by atoms with Crippen LogP contribution in [0.15, 0.2) is 5.16 Å². The first-order valence-corrected chi connectivity index (χ1v) is 11.6. The van der Waals surface area contributed by atoms with Crippen LogP contribution in [0.25, 0.3) is 0 Å². The van der Waals surface area contributed by atoms with Crippen LogP contribution in [0.3, 0.4) is 0 Å². The fourth-order valence-electron chi connectivity index (χ4n) is 4.89. The topological polar surface area (TPSA) is 115 Å². The molecule has 1 saturated heterocycles. The Hall–Kier alpha value is -1.58. The van der Waals surface area contributed by atoms with Crippen molar-refractivity contribution in [3.8, 4) is 0 Å². The molecule has 0 aliphatic carbocycles. The Bertz CT molecular complexity index is 713. The van der Waals surface area contributed by atoms with Crippen molar-refractivity contribution >= 4 is 17.5 Å². The average molecular weight is 476 g/mol. The molecule has 9 heteroatoms. The zero-order valence-electron chi connectivity index (χ0n) is 21.4. The van der Waals surface area contributed by atoms with Crippen LogP contribution in [0, 0.1) is 29.6 Å². The number of ether oxygens (including phenoxy) is 2. The average Bonchev–Trinajstić information content (AvgIpc) is 2.78. The van der Waals surface area contributed by atoms with Crippen LogP contribution in [-0.4, -0.2) is 65.1 Å². The molecule has 1 fully saturated rings. The smallest absolute Gasteiger partial charge is 0.316 e. The van der Waals surface area contributed by atoms with E-state index in [-0.39, 0.29) is 24.0 Å².